The van der Waals surface area contributed by atoms with Crippen molar-refractivity contribution in [3.63, 3.8) is 0 Å². The molecule has 112 valence electrons. The molecule has 0 aromatic carbocycles. The van der Waals surface area contributed by atoms with Crippen molar-refractivity contribution in [2.75, 3.05) is 24.7 Å². The molecule has 1 aromatic heterocycles. The van der Waals surface area contributed by atoms with Gasteiger partial charge in [-0.15, -0.1) is 0 Å². The van der Waals surface area contributed by atoms with Gasteiger partial charge in [0.15, 0.2) is 0 Å². The Labute approximate surface area is 118 Å². The number of aromatic carboxylic acids is 1. The first-order chi connectivity index (χ1) is 9.20. The van der Waals surface area contributed by atoms with Crippen LogP contribution in [0, 0.1) is 13.8 Å². The van der Waals surface area contributed by atoms with Gasteiger partial charge in [0.1, 0.15) is 11.4 Å². The lowest BCUT2D eigenvalue weighted by Gasteiger charge is -2.12. The van der Waals surface area contributed by atoms with Crippen LogP contribution in [0.3, 0.4) is 0 Å². The maximum Gasteiger partial charge on any atom is 0.339 e. The van der Waals surface area contributed by atoms with Crippen molar-refractivity contribution >= 4 is 21.8 Å². The van der Waals surface area contributed by atoms with E-state index in [2.05, 4.69) is 15.0 Å². The van der Waals surface area contributed by atoms with Gasteiger partial charge in [0.25, 0.3) is 0 Å². The summed E-state index contributed by atoms with van der Waals surface area (Å²) in [5.41, 5.74) is 1.51. The molecule has 0 fully saturated rings. The van der Waals surface area contributed by atoms with Gasteiger partial charge >= 0.3 is 5.97 Å². The fourth-order valence-electron chi connectivity index (χ4n) is 1.79. The molecule has 1 rings (SSSR count). The van der Waals surface area contributed by atoms with Crippen LogP contribution in [0.1, 0.15) is 28.0 Å². The zero-order valence-electron chi connectivity index (χ0n) is 11.7. The zero-order valence-corrected chi connectivity index (χ0v) is 12.5. The number of carboxylic acids is 1. The molecule has 0 saturated carbocycles. The minimum atomic E-state index is -3.19. The van der Waals surface area contributed by atoms with Crippen LogP contribution in [-0.4, -0.2) is 43.8 Å². The number of carbonyl (C=O) groups is 1. The number of sulfonamides is 1. The number of aromatic nitrogens is 1. The number of pyridine rings is 1. The second kappa shape index (κ2) is 6.67. The number of anilines is 1. The van der Waals surface area contributed by atoms with E-state index in [9.17, 15) is 18.3 Å². The lowest BCUT2D eigenvalue weighted by atomic mass is 10.1. The number of carboxylic acid groups (broad SMARTS) is 1. The molecule has 0 aliphatic heterocycles. The maximum atomic E-state index is 11.2. The lowest BCUT2D eigenvalue weighted by Crippen LogP contribution is -2.24. The average Bonchev–Trinajstić information content (AvgIpc) is 2.25. The van der Waals surface area contributed by atoms with E-state index in [1.165, 1.54) is 0 Å². The Kier molecular flexibility index (Phi) is 5.46. The molecule has 0 bridgehead atoms. The van der Waals surface area contributed by atoms with Crippen molar-refractivity contribution in [2.24, 2.45) is 0 Å². The van der Waals surface area contributed by atoms with Gasteiger partial charge in [0.2, 0.25) is 10.0 Å². The van der Waals surface area contributed by atoms with Gasteiger partial charge in [0, 0.05) is 18.8 Å². The average molecular weight is 301 g/mol. The number of hydrogen-bond donors (Lipinski definition) is 3. The predicted molar refractivity (Wildman–Crippen MR) is 76.6 cm³/mol. The molecule has 8 heteroatoms. The van der Waals surface area contributed by atoms with Crippen LogP contribution in [0.4, 0.5) is 5.82 Å². The van der Waals surface area contributed by atoms with E-state index < -0.39 is 16.0 Å². The highest BCUT2D eigenvalue weighted by atomic mass is 32.2. The Hall–Kier alpha value is -1.67. The van der Waals surface area contributed by atoms with E-state index >= 15 is 0 Å². The second-order valence-corrected chi connectivity index (χ2v) is 6.39. The monoisotopic (exact) mass is 301 g/mol. The summed E-state index contributed by atoms with van der Waals surface area (Å²) >= 11 is 0. The summed E-state index contributed by atoms with van der Waals surface area (Å²) in [6.07, 6.45) is 1.62. The third-order valence-corrected chi connectivity index (χ3v) is 3.30. The van der Waals surface area contributed by atoms with Crippen molar-refractivity contribution in [3.8, 4) is 0 Å². The first-order valence-electron chi connectivity index (χ1n) is 6.11. The Balaban J connectivity index is 2.66. The summed E-state index contributed by atoms with van der Waals surface area (Å²) in [6, 6.07) is 1.71. The highest BCUT2D eigenvalue weighted by molar-refractivity contribution is 7.88. The zero-order chi connectivity index (χ0) is 15.3. The Morgan fingerprint density at radius 2 is 2.00 bits per heavy atom. The molecule has 1 aromatic rings. The van der Waals surface area contributed by atoms with Crippen LogP contribution in [0.5, 0.6) is 0 Å². The van der Waals surface area contributed by atoms with Crippen LogP contribution in [0.2, 0.25) is 0 Å². The maximum absolute atomic E-state index is 11.2. The molecule has 1 heterocycles. The largest absolute Gasteiger partial charge is 0.478 e. The van der Waals surface area contributed by atoms with Crippen LogP contribution < -0.4 is 10.0 Å². The number of nitrogens with zero attached hydrogens (tertiary/aromatic N) is 1. The first kappa shape index (κ1) is 16.4. The van der Waals surface area contributed by atoms with Crippen LogP contribution in [0.15, 0.2) is 6.07 Å². The summed E-state index contributed by atoms with van der Waals surface area (Å²) in [7, 11) is -3.19. The van der Waals surface area contributed by atoms with Crippen LogP contribution in [0.25, 0.3) is 0 Å². The minimum absolute atomic E-state index is 0.145. The molecule has 0 spiro atoms. The SMILES string of the molecule is Cc1cc(C)c(C(=O)O)c(NCCCNS(C)(=O)=O)n1. The smallest absolute Gasteiger partial charge is 0.339 e. The predicted octanol–water partition coefficient (Wildman–Crippen LogP) is 0.748. The molecule has 0 radical (unpaired) electrons. The fourth-order valence-corrected chi connectivity index (χ4v) is 2.30. The van der Waals surface area contributed by atoms with E-state index in [1.807, 2.05) is 0 Å². The Bertz CT molecular complexity index is 599. The highest BCUT2D eigenvalue weighted by Gasteiger charge is 2.15. The Morgan fingerprint density at radius 3 is 2.55 bits per heavy atom. The van der Waals surface area contributed by atoms with E-state index in [4.69, 9.17) is 0 Å². The summed E-state index contributed by atoms with van der Waals surface area (Å²) < 4.78 is 24.1. The molecule has 0 aliphatic carbocycles. The molecular weight excluding hydrogens is 282 g/mol. The van der Waals surface area contributed by atoms with Gasteiger partial charge in [-0.2, -0.15) is 0 Å². The normalized spacial score (nSPS) is 11.3. The van der Waals surface area contributed by atoms with Crippen molar-refractivity contribution < 1.29 is 18.3 Å². The van der Waals surface area contributed by atoms with E-state index in [0.717, 1.165) is 11.9 Å². The van der Waals surface area contributed by atoms with Gasteiger partial charge in [-0.05, 0) is 31.9 Å². The van der Waals surface area contributed by atoms with Gasteiger partial charge in [-0.1, -0.05) is 0 Å². The summed E-state index contributed by atoms with van der Waals surface area (Å²) in [6.45, 7) is 4.22. The molecule has 7 nitrogen and oxygen atoms in total. The first-order valence-corrected chi connectivity index (χ1v) is 8.00. The third-order valence-electron chi connectivity index (χ3n) is 2.57. The molecular formula is C12H19N3O4S. The highest BCUT2D eigenvalue weighted by Crippen LogP contribution is 2.18. The standard InChI is InChI=1S/C12H19N3O4S/c1-8-7-9(2)15-11(10(8)12(16)17)13-5-4-6-14-20(3,18)19/h7,14H,4-6H2,1-3H3,(H,13,15)(H,16,17). The summed E-state index contributed by atoms with van der Waals surface area (Å²) in [5, 5.41) is 12.1. The van der Waals surface area contributed by atoms with E-state index in [0.29, 0.717) is 30.9 Å². The van der Waals surface area contributed by atoms with Crippen molar-refractivity contribution in [1.82, 2.24) is 9.71 Å². The summed E-state index contributed by atoms with van der Waals surface area (Å²) in [4.78, 5) is 15.4. The molecule has 3 N–H and O–H groups in total. The second-order valence-electron chi connectivity index (χ2n) is 4.56. The van der Waals surface area contributed by atoms with Crippen molar-refractivity contribution in [1.29, 1.82) is 0 Å². The molecule has 0 amide bonds. The molecule has 0 saturated heterocycles. The molecule has 0 aliphatic rings. The van der Waals surface area contributed by atoms with Crippen LogP contribution in [-0.2, 0) is 10.0 Å². The lowest BCUT2D eigenvalue weighted by molar-refractivity contribution is 0.0697. The number of rotatable bonds is 7. The van der Waals surface area contributed by atoms with E-state index in [1.54, 1.807) is 19.9 Å². The fraction of sp³-hybridized carbons (Fsp3) is 0.500. The molecule has 0 unspecified atom stereocenters. The van der Waals surface area contributed by atoms with E-state index in [-0.39, 0.29) is 5.56 Å². The van der Waals surface area contributed by atoms with Crippen LogP contribution >= 0.6 is 0 Å². The Morgan fingerprint density at radius 1 is 1.35 bits per heavy atom. The number of hydrogen-bond acceptors (Lipinski definition) is 5. The van der Waals surface area contributed by atoms with Gasteiger partial charge in [-0.3, -0.25) is 0 Å². The van der Waals surface area contributed by atoms with Crippen molar-refractivity contribution in [3.05, 3.63) is 22.9 Å². The summed E-state index contributed by atoms with van der Waals surface area (Å²) in [5.74, 6) is -0.721. The minimum Gasteiger partial charge on any atom is -0.478 e. The topological polar surface area (TPSA) is 108 Å². The third kappa shape index (κ3) is 5.14. The van der Waals surface area contributed by atoms with Crippen molar-refractivity contribution in [2.45, 2.75) is 20.3 Å². The quantitative estimate of drug-likeness (QED) is 0.641. The van der Waals surface area contributed by atoms with Gasteiger partial charge < -0.3 is 10.4 Å². The van der Waals surface area contributed by atoms with Gasteiger partial charge in [0.05, 0.1) is 6.26 Å². The number of nitrogens with one attached hydrogen (secondary N) is 2. The molecule has 0 atom stereocenters. The molecule has 20 heavy (non-hydrogen) atoms. The number of aryl methyl sites for hydroxylation is 2. The van der Waals surface area contributed by atoms with Gasteiger partial charge in [-0.25, -0.2) is 22.9 Å².